The summed E-state index contributed by atoms with van der Waals surface area (Å²) in [5.74, 6) is -1.76. The van der Waals surface area contributed by atoms with Crippen molar-refractivity contribution in [3.8, 4) is 0 Å². The molecule has 0 aromatic carbocycles. The van der Waals surface area contributed by atoms with Gasteiger partial charge < -0.3 is 20.4 Å². The first-order valence-corrected chi connectivity index (χ1v) is 4.62. The molecule has 90 valence electrons. The number of unbranched alkanes of at least 4 members (excludes halogenated alkanes) is 1. The molecule has 0 aliphatic rings. The van der Waals surface area contributed by atoms with Gasteiger partial charge in [0.05, 0.1) is 12.5 Å². The Morgan fingerprint density at radius 3 is 1.87 bits per heavy atom. The highest BCUT2D eigenvalue weighted by Crippen LogP contribution is 1.92. The van der Waals surface area contributed by atoms with Crippen molar-refractivity contribution in [2.45, 2.75) is 38.7 Å². The molecule has 0 aliphatic heterocycles. The number of carbonyl (C=O) groups is 2. The minimum atomic E-state index is -0.963. The van der Waals surface area contributed by atoms with Crippen molar-refractivity contribution >= 4 is 11.9 Å². The second-order valence-corrected chi connectivity index (χ2v) is 3.02. The third kappa shape index (κ3) is 24.6. The first kappa shape index (κ1) is 16.3. The van der Waals surface area contributed by atoms with E-state index in [1.807, 2.05) is 0 Å². The van der Waals surface area contributed by atoms with E-state index in [0.29, 0.717) is 12.8 Å². The Morgan fingerprint density at radius 1 is 1.13 bits per heavy atom. The second-order valence-electron chi connectivity index (χ2n) is 3.02. The van der Waals surface area contributed by atoms with Crippen LogP contribution in [0, 0.1) is 0 Å². The molecule has 0 fully saturated rings. The van der Waals surface area contributed by atoms with Gasteiger partial charge in [-0.25, -0.2) is 0 Å². The van der Waals surface area contributed by atoms with Gasteiger partial charge in [-0.1, -0.05) is 0 Å². The van der Waals surface area contributed by atoms with Gasteiger partial charge >= 0.3 is 11.9 Å². The molecule has 0 amide bonds. The summed E-state index contributed by atoms with van der Waals surface area (Å²) in [4.78, 5) is 19.4. The molecule has 1 unspecified atom stereocenters. The molecular weight excluding hydrogens is 204 g/mol. The SMILES string of the molecule is CC(O)CC(=O)O.O=C(O)CCCCO. The van der Waals surface area contributed by atoms with Crippen LogP contribution in [0.15, 0.2) is 0 Å². The van der Waals surface area contributed by atoms with Crippen molar-refractivity contribution in [1.29, 1.82) is 0 Å². The van der Waals surface area contributed by atoms with E-state index in [2.05, 4.69) is 0 Å². The van der Waals surface area contributed by atoms with Crippen LogP contribution in [-0.4, -0.2) is 45.1 Å². The van der Waals surface area contributed by atoms with Crippen molar-refractivity contribution < 1.29 is 30.0 Å². The molecule has 15 heavy (non-hydrogen) atoms. The Morgan fingerprint density at radius 2 is 1.67 bits per heavy atom. The lowest BCUT2D eigenvalue weighted by atomic mass is 10.2. The fourth-order valence-corrected chi connectivity index (χ4v) is 0.641. The molecule has 0 aromatic rings. The number of aliphatic hydroxyl groups excluding tert-OH is 2. The summed E-state index contributed by atoms with van der Waals surface area (Å²) >= 11 is 0. The summed E-state index contributed by atoms with van der Waals surface area (Å²) in [7, 11) is 0. The molecule has 0 spiro atoms. The number of aliphatic hydroxyl groups is 2. The van der Waals surface area contributed by atoms with Crippen LogP contribution in [0.5, 0.6) is 0 Å². The maximum absolute atomic E-state index is 9.79. The van der Waals surface area contributed by atoms with E-state index in [9.17, 15) is 9.59 Å². The van der Waals surface area contributed by atoms with Crippen molar-refractivity contribution in [1.82, 2.24) is 0 Å². The van der Waals surface area contributed by atoms with Gasteiger partial charge in [0.2, 0.25) is 0 Å². The lowest BCUT2D eigenvalue weighted by molar-refractivity contribution is -0.139. The summed E-state index contributed by atoms with van der Waals surface area (Å²) in [6.07, 6.45) is 0.441. The number of hydrogen-bond donors (Lipinski definition) is 4. The van der Waals surface area contributed by atoms with Gasteiger partial charge in [-0.2, -0.15) is 0 Å². The molecule has 0 bridgehead atoms. The predicted octanol–water partition coefficient (Wildman–Crippen LogP) is 0.0755. The van der Waals surface area contributed by atoms with Gasteiger partial charge in [-0.15, -0.1) is 0 Å². The van der Waals surface area contributed by atoms with E-state index in [4.69, 9.17) is 20.4 Å². The predicted molar refractivity (Wildman–Crippen MR) is 52.5 cm³/mol. The summed E-state index contributed by atoms with van der Waals surface area (Å²) in [6.45, 7) is 1.53. The topological polar surface area (TPSA) is 115 Å². The zero-order valence-electron chi connectivity index (χ0n) is 8.72. The summed E-state index contributed by atoms with van der Waals surface area (Å²) in [5, 5.41) is 32.5. The molecule has 4 N–H and O–H groups in total. The molecule has 0 saturated heterocycles. The van der Waals surface area contributed by atoms with Crippen LogP contribution in [0.3, 0.4) is 0 Å². The Balaban J connectivity index is 0. The number of aliphatic carboxylic acids is 2. The summed E-state index contributed by atoms with van der Waals surface area (Å²) in [5.41, 5.74) is 0. The smallest absolute Gasteiger partial charge is 0.305 e. The number of hydrogen-bond acceptors (Lipinski definition) is 4. The quantitative estimate of drug-likeness (QED) is 0.473. The fourth-order valence-electron chi connectivity index (χ4n) is 0.641. The summed E-state index contributed by atoms with van der Waals surface area (Å²) in [6, 6.07) is 0. The Bertz CT molecular complexity index is 177. The van der Waals surface area contributed by atoms with E-state index >= 15 is 0 Å². The van der Waals surface area contributed by atoms with Crippen LogP contribution in [0.1, 0.15) is 32.6 Å². The van der Waals surface area contributed by atoms with Gasteiger partial charge in [0.15, 0.2) is 0 Å². The van der Waals surface area contributed by atoms with Gasteiger partial charge in [0, 0.05) is 13.0 Å². The summed E-state index contributed by atoms with van der Waals surface area (Å²) < 4.78 is 0. The largest absolute Gasteiger partial charge is 0.481 e. The third-order valence-corrected chi connectivity index (χ3v) is 1.27. The minimum Gasteiger partial charge on any atom is -0.481 e. The van der Waals surface area contributed by atoms with Crippen LogP contribution in [0.25, 0.3) is 0 Å². The molecule has 6 nitrogen and oxygen atoms in total. The highest BCUT2D eigenvalue weighted by Gasteiger charge is 2.00. The molecule has 0 rings (SSSR count). The highest BCUT2D eigenvalue weighted by molar-refractivity contribution is 5.67. The molecule has 1 atom stereocenters. The van der Waals surface area contributed by atoms with E-state index in [1.165, 1.54) is 6.92 Å². The maximum Gasteiger partial charge on any atom is 0.305 e. The zero-order valence-corrected chi connectivity index (χ0v) is 8.72. The lowest BCUT2D eigenvalue weighted by Crippen LogP contribution is -2.07. The highest BCUT2D eigenvalue weighted by atomic mass is 16.4. The molecular formula is C9H18O6. The Kier molecular flexibility index (Phi) is 11.9. The van der Waals surface area contributed by atoms with Crippen molar-refractivity contribution in [2.75, 3.05) is 6.61 Å². The van der Waals surface area contributed by atoms with Gasteiger partial charge in [0.1, 0.15) is 0 Å². The van der Waals surface area contributed by atoms with E-state index in [1.54, 1.807) is 0 Å². The van der Waals surface area contributed by atoms with Gasteiger partial charge in [-0.3, -0.25) is 9.59 Å². The van der Waals surface area contributed by atoms with Crippen molar-refractivity contribution in [3.05, 3.63) is 0 Å². The third-order valence-electron chi connectivity index (χ3n) is 1.27. The van der Waals surface area contributed by atoms with E-state index < -0.39 is 18.0 Å². The molecule has 0 aromatic heterocycles. The zero-order chi connectivity index (χ0) is 12.3. The average Bonchev–Trinajstić information content (AvgIpc) is 2.02. The first-order chi connectivity index (χ1) is 6.90. The Hall–Kier alpha value is -1.14. The minimum absolute atomic E-state index is 0.0906. The fraction of sp³-hybridized carbons (Fsp3) is 0.778. The van der Waals surface area contributed by atoms with E-state index in [0.717, 1.165) is 0 Å². The Labute approximate surface area is 88.2 Å². The number of carboxylic acid groups (broad SMARTS) is 2. The standard InChI is InChI=1S/C5H10O3.C4H8O3/c6-4-2-1-3-5(7)8;1-3(5)2-4(6)7/h6H,1-4H2,(H,7,8);3,5H,2H2,1H3,(H,6,7). The average molecular weight is 222 g/mol. The van der Waals surface area contributed by atoms with E-state index in [-0.39, 0.29) is 19.4 Å². The molecule has 0 radical (unpaired) electrons. The van der Waals surface area contributed by atoms with Gasteiger partial charge in [0.25, 0.3) is 0 Å². The molecule has 0 heterocycles. The second kappa shape index (κ2) is 10.9. The number of rotatable bonds is 6. The van der Waals surface area contributed by atoms with Crippen LogP contribution in [0.2, 0.25) is 0 Å². The molecule has 0 saturated carbocycles. The maximum atomic E-state index is 9.79. The van der Waals surface area contributed by atoms with Crippen molar-refractivity contribution in [3.63, 3.8) is 0 Å². The normalized spacial score (nSPS) is 11.1. The van der Waals surface area contributed by atoms with Crippen LogP contribution < -0.4 is 0 Å². The monoisotopic (exact) mass is 222 g/mol. The lowest BCUT2D eigenvalue weighted by Gasteiger charge is -1.94. The van der Waals surface area contributed by atoms with Crippen LogP contribution in [-0.2, 0) is 9.59 Å². The molecule has 6 heteroatoms. The van der Waals surface area contributed by atoms with Crippen LogP contribution >= 0.6 is 0 Å². The number of carboxylic acids is 2. The first-order valence-electron chi connectivity index (χ1n) is 4.62. The molecule has 0 aliphatic carbocycles. The van der Waals surface area contributed by atoms with Crippen molar-refractivity contribution in [2.24, 2.45) is 0 Å². The van der Waals surface area contributed by atoms with Crippen LogP contribution in [0.4, 0.5) is 0 Å². The van der Waals surface area contributed by atoms with Gasteiger partial charge in [-0.05, 0) is 19.8 Å².